The van der Waals surface area contributed by atoms with Gasteiger partial charge in [-0.3, -0.25) is 9.59 Å². The van der Waals surface area contributed by atoms with Gasteiger partial charge in [-0.25, -0.2) is 0 Å². The van der Waals surface area contributed by atoms with Crippen LogP contribution in [-0.2, 0) is 13.7 Å². The lowest BCUT2D eigenvalue weighted by Crippen LogP contribution is -2.21. The molecule has 0 aromatic heterocycles. The van der Waals surface area contributed by atoms with E-state index in [-0.39, 0.29) is 11.5 Å². The molecule has 2 aromatic rings. The fourth-order valence-corrected chi connectivity index (χ4v) is 5.51. The monoisotopic (exact) mass is 346 g/mol. The summed E-state index contributed by atoms with van der Waals surface area (Å²) in [6.07, 6.45) is 0. The minimum atomic E-state index is -0.910. The van der Waals surface area contributed by atoms with Crippen molar-refractivity contribution in [3.8, 4) is 11.1 Å². The number of aliphatic carboxylic acids is 2. The van der Waals surface area contributed by atoms with Gasteiger partial charge in [-0.2, -0.15) is 0 Å². The number of rotatable bonds is 6. The summed E-state index contributed by atoms with van der Waals surface area (Å²) in [5.74, 6) is -2.00. The number of fused-ring (bicyclic) bond motifs is 3. The van der Waals surface area contributed by atoms with Crippen molar-refractivity contribution in [2.75, 3.05) is 11.5 Å². The minimum absolute atomic E-state index is 0.0880. The number of benzene rings is 2. The summed E-state index contributed by atoms with van der Waals surface area (Å²) in [6.45, 7) is 0. The van der Waals surface area contributed by atoms with Crippen LogP contribution in [0.4, 0.5) is 0 Å². The molecule has 1 aliphatic carbocycles. The Kier molecular flexibility index (Phi) is 4.37. The van der Waals surface area contributed by atoms with Crippen LogP contribution in [0.5, 0.6) is 0 Å². The second-order valence-electron chi connectivity index (χ2n) is 5.07. The van der Waals surface area contributed by atoms with Crippen molar-refractivity contribution in [3.05, 3.63) is 59.7 Å². The van der Waals surface area contributed by atoms with Gasteiger partial charge >= 0.3 is 11.9 Å². The topological polar surface area (TPSA) is 74.6 Å². The molecule has 2 N–H and O–H groups in total. The third kappa shape index (κ3) is 2.84. The smallest absolute Gasteiger partial charge is 0.313 e. The SMILES string of the molecule is O=C(O)CSC1(SCC(=O)O)c2ccccc2-c2ccccc21. The van der Waals surface area contributed by atoms with Crippen LogP contribution in [0, 0.1) is 0 Å². The van der Waals surface area contributed by atoms with Gasteiger partial charge < -0.3 is 10.2 Å². The van der Waals surface area contributed by atoms with E-state index in [1.54, 1.807) is 0 Å². The van der Waals surface area contributed by atoms with E-state index >= 15 is 0 Å². The van der Waals surface area contributed by atoms with Crippen LogP contribution in [0.1, 0.15) is 11.1 Å². The second kappa shape index (κ2) is 6.29. The van der Waals surface area contributed by atoms with Gasteiger partial charge in [0, 0.05) is 0 Å². The Morgan fingerprint density at radius 3 is 1.57 bits per heavy atom. The van der Waals surface area contributed by atoms with Crippen LogP contribution in [0.25, 0.3) is 11.1 Å². The maximum absolute atomic E-state index is 11.1. The van der Waals surface area contributed by atoms with Crippen LogP contribution in [0.2, 0.25) is 0 Å². The highest BCUT2D eigenvalue weighted by Crippen LogP contribution is 2.60. The van der Waals surface area contributed by atoms with E-state index in [4.69, 9.17) is 10.2 Å². The van der Waals surface area contributed by atoms with E-state index in [0.717, 1.165) is 22.3 Å². The molecule has 0 saturated carbocycles. The fraction of sp³-hybridized carbons (Fsp3) is 0.176. The van der Waals surface area contributed by atoms with Gasteiger partial charge in [-0.05, 0) is 22.3 Å². The zero-order valence-electron chi connectivity index (χ0n) is 12.1. The summed E-state index contributed by atoms with van der Waals surface area (Å²) >= 11 is 2.53. The molecular weight excluding hydrogens is 332 g/mol. The molecule has 23 heavy (non-hydrogen) atoms. The first-order chi connectivity index (χ1) is 11.0. The van der Waals surface area contributed by atoms with Crippen molar-refractivity contribution in [2.45, 2.75) is 4.08 Å². The summed E-state index contributed by atoms with van der Waals surface area (Å²) in [7, 11) is 0. The van der Waals surface area contributed by atoms with Crippen LogP contribution < -0.4 is 0 Å². The Balaban J connectivity index is 2.16. The molecule has 0 unspecified atom stereocenters. The molecule has 6 heteroatoms. The largest absolute Gasteiger partial charge is 0.481 e. The van der Waals surface area contributed by atoms with E-state index in [1.807, 2.05) is 48.5 Å². The molecule has 2 aromatic carbocycles. The lowest BCUT2D eigenvalue weighted by Gasteiger charge is -2.29. The first kappa shape index (κ1) is 16.0. The summed E-state index contributed by atoms with van der Waals surface area (Å²) in [5, 5.41) is 18.2. The standard InChI is InChI=1S/C17H14O4S2/c18-15(19)9-22-17(23-10-16(20)21)13-7-3-1-5-11(13)12-6-2-4-8-14(12)17/h1-8H,9-10H2,(H,18,19)(H,20,21). The summed E-state index contributed by atoms with van der Waals surface area (Å²) < 4.78 is -0.704. The fourth-order valence-electron chi connectivity index (χ4n) is 2.83. The number of carboxylic acids is 2. The Morgan fingerprint density at radius 2 is 1.17 bits per heavy atom. The van der Waals surface area contributed by atoms with Crippen LogP contribution >= 0.6 is 23.5 Å². The molecule has 0 spiro atoms. The average Bonchev–Trinajstić information content (AvgIpc) is 2.82. The first-order valence-corrected chi connectivity index (χ1v) is 8.92. The number of hydrogen-bond acceptors (Lipinski definition) is 4. The number of carboxylic acid groups (broad SMARTS) is 2. The van der Waals surface area contributed by atoms with Crippen LogP contribution in [0.3, 0.4) is 0 Å². The Hall–Kier alpha value is -1.92. The average molecular weight is 346 g/mol. The van der Waals surface area contributed by atoms with Gasteiger partial charge in [0.25, 0.3) is 0 Å². The highest BCUT2D eigenvalue weighted by atomic mass is 32.2. The highest BCUT2D eigenvalue weighted by molar-refractivity contribution is 8.18. The molecule has 0 bridgehead atoms. The maximum atomic E-state index is 11.1. The number of thioether (sulfide) groups is 2. The van der Waals surface area contributed by atoms with E-state index in [2.05, 4.69) is 0 Å². The van der Waals surface area contributed by atoms with E-state index in [0.29, 0.717) is 0 Å². The molecule has 3 rings (SSSR count). The molecule has 0 fully saturated rings. The zero-order chi connectivity index (χ0) is 16.4. The Morgan fingerprint density at radius 1 is 0.783 bits per heavy atom. The summed E-state index contributed by atoms with van der Waals surface area (Å²) in [6, 6.07) is 15.6. The van der Waals surface area contributed by atoms with Crippen molar-refractivity contribution in [2.24, 2.45) is 0 Å². The predicted octanol–water partition coefficient (Wildman–Crippen LogP) is 3.50. The molecule has 0 heterocycles. The molecule has 4 nitrogen and oxygen atoms in total. The van der Waals surface area contributed by atoms with Crippen molar-refractivity contribution in [3.63, 3.8) is 0 Å². The van der Waals surface area contributed by atoms with E-state index in [1.165, 1.54) is 23.5 Å². The van der Waals surface area contributed by atoms with Gasteiger partial charge in [0.1, 0.15) is 4.08 Å². The maximum Gasteiger partial charge on any atom is 0.313 e. The number of hydrogen-bond donors (Lipinski definition) is 2. The summed E-state index contributed by atoms with van der Waals surface area (Å²) in [5.41, 5.74) is 4.02. The normalized spacial score (nSPS) is 14.1. The summed E-state index contributed by atoms with van der Waals surface area (Å²) in [4.78, 5) is 22.2. The van der Waals surface area contributed by atoms with Crippen LogP contribution in [0.15, 0.2) is 48.5 Å². The van der Waals surface area contributed by atoms with E-state index in [9.17, 15) is 9.59 Å². The van der Waals surface area contributed by atoms with Crippen molar-refractivity contribution >= 4 is 35.5 Å². The van der Waals surface area contributed by atoms with Gasteiger partial charge in [0.2, 0.25) is 0 Å². The van der Waals surface area contributed by atoms with Gasteiger partial charge in [-0.15, -0.1) is 23.5 Å². The van der Waals surface area contributed by atoms with E-state index < -0.39 is 16.0 Å². The molecule has 0 amide bonds. The zero-order valence-corrected chi connectivity index (χ0v) is 13.7. The lowest BCUT2D eigenvalue weighted by molar-refractivity contribution is -0.134. The third-order valence-corrected chi connectivity index (χ3v) is 6.83. The minimum Gasteiger partial charge on any atom is -0.481 e. The second-order valence-corrected chi connectivity index (χ2v) is 7.71. The predicted molar refractivity (Wildman–Crippen MR) is 92.8 cm³/mol. The van der Waals surface area contributed by atoms with Crippen LogP contribution in [-0.4, -0.2) is 33.7 Å². The third-order valence-electron chi connectivity index (χ3n) is 3.65. The molecular formula is C17H14O4S2. The molecule has 0 saturated heterocycles. The van der Waals surface area contributed by atoms with Crippen molar-refractivity contribution in [1.82, 2.24) is 0 Å². The Labute approximate surface area is 141 Å². The highest BCUT2D eigenvalue weighted by Gasteiger charge is 2.44. The number of carbonyl (C=O) groups is 2. The quantitative estimate of drug-likeness (QED) is 0.780. The lowest BCUT2D eigenvalue weighted by atomic mass is 10.1. The molecule has 118 valence electrons. The molecule has 1 aliphatic rings. The molecule has 0 radical (unpaired) electrons. The first-order valence-electron chi connectivity index (χ1n) is 6.95. The Bertz CT molecular complexity index is 707. The van der Waals surface area contributed by atoms with Gasteiger partial charge in [0.05, 0.1) is 11.5 Å². The molecule has 0 atom stereocenters. The van der Waals surface area contributed by atoms with Gasteiger partial charge in [-0.1, -0.05) is 48.5 Å². The van der Waals surface area contributed by atoms with Crippen molar-refractivity contribution < 1.29 is 19.8 Å². The van der Waals surface area contributed by atoms with Crippen molar-refractivity contribution in [1.29, 1.82) is 0 Å². The van der Waals surface area contributed by atoms with Gasteiger partial charge in [0.15, 0.2) is 0 Å². The molecule has 0 aliphatic heterocycles.